The minimum atomic E-state index is 0.575. The fourth-order valence-electron chi connectivity index (χ4n) is 3.51. The van der Waals surface area contributed by atoms with Crippen molar-refractivity contribution in [1.29, 1.82) is 0 Å². The van der Waals surface area contributed by atoms with Gasteiger partial charge in [-0.05, 0) is 51.6 Å². The van der Waals surface area contributed by atoms with E-state index < -0.39 is 0 Å². The first-order chi connectivity index (χ1) is 8.67. The van der Waals surface area contributed by atoms with Crippen molar-refractivity contribution in [3.63, 3.8) is 0 Å². The van der Waals surface area contributed by atoms with Crippen LogP contribution in [0.15, 0.2) is 0 Å². The molecule has 2 saturated heterocycles. The summed E-state index contributed by atoms with van der Waals surface area (Å²) >= 11 is 1.87. The lowest BCUT2D eigenvalue weighted by atomic mass is 9.79. The third-order valence-corrected chi connectivity index (χ3v) is 5.50. The molecule has 18 heavy (non-hydrogen) atoms. The molecule has 2 aliphatic rings. The average molecular weight is 265 g/mol. The molecule has 3 nitrogen and oxygen atoms in total. The van der Waals surface area contributed by atoms with E-state index in [1.54, 1.807) is 0 Å². The molecule has 0 amide bonds. The Morgan fingerprint density at radius 1 is 1.39 bits per heavy atom. The lowest BCUT2D eigenvalue weighted by Gasteiger charge is -2.39. The zero-order chi connectivity index (χ0) is 12.6. The maximum atomic E-state index is 4.55. The van der Waals surface area contributed by atoms with Crippen molar-refractivity contribution in [3.05, 3.63) is 15.6 Å². The molecule has 2 fully saturated rings. The number of likely N-dealkylation sites (tertiary alicyclic amines) is 1. The smallest absolute Gasteiger partial charge is 0.0900 e. The van der Waals surface area contributed by atoms with Gasteiger partial charge in [0.2, 0.25) is 0 Å². The minimum Gasteiger partial charge on any atom is -0.316 e. The van der Waals surface area contributed by atoms with Gasteiger partial charge in [-0.15, -0.1) is 11.3 Å². The van der Waals surface area contributed by atoms with Gasteiger partial charge in [-0.25, -0.2) is 4.98 Å². The monoisotopic (exact) mass is 265 g/mol. The van der Waals surface area contributed by atoms with Gasteiger partial charge in [0.15, 0.2) is 0 Å². The highest BCUT2D eigenvalue weighted by Gasteiger charge is 2.37. The van der Waals surface area contributed by atoms with E-state index in [4.69, 9.17) is 0 Å². The molecule has 2 aliphatic heterocycles. The molecule has 0 saturated carbocycles. The highest BCUT2D eigenvalue weighted by atomic mass is 32.1. The van der Waals surface area contributed by atoms with Crippen LogP contribution in [0.2, 0.25) is 0 Å². The van der Waals surface area contributed by atoms with Crippen molar-refractivity contribution in [2.24, 2.45) is 5.41 Å². The van der Waals surface area contributed by atoms with Crippen LogP contribution in [0, 0.1) is 19.3 Å². The second kappa shape index (κ2) is 4.91. The number of nitrogens with one attached hydrogen (secondary N) is 1. The molecule has 3 rings (SSSR count). The van der Waals surface area contributed by atoms with Gasteiger partial charge in [-0.3, -0.25) is 4.90 Å². The number of hydrogen-bond acceptors (Lipinski definition) is 4. The van der Waals surface area contributed by atoms with Crippen LogP contribution in [-0.4, -0.2) is 36.1 Å². The molecule has 0 aromatic carbocycles. The molecule has 1 atom stereocenters. The van der Waals surface area contributed by atoms with E-state index in [1.165, 1.54) is 61.0 Å². The molecule has 0 bridgehead atoms. The standard InChI is InChI=1S/C14H23N3S/c1-11-13(18-12(2)16-11)8-17-7-3-4-14(10-17)5-6-15-9-14/h15H,3-10H2,1-2H3. The quantitative estimate of drug-likeness (QED) is 0.889. The number of hydrogen-bond donors (Lipinski definition) is 1. The number of rotatable bonds is 2. The molecule has 1 N–H and O–H groups in total. The lowest BCUT2D eigenvalue weighted by molar-refractivity contribution is 0.0984. The van der Waals surface area contributed by atoms with Gasteiger partial charge < -0.3 is 5.32 Å². The summed E-state index contributed by atoms with van der Waals surface area (Å²) in [5, 5.41) is 4.75. The summed E-state index contributed by atoms with van der Waals surface area (Å²) in [7, 11) is 0. The van der Waals surface area contributed by atoms with Crippen molar-refractivity contribution in [2.45, 2.75) is 39.7 Å². The van der Waals surface area contributed by atoms with E-state index in [9.17, 15) is 0 Å². The van der Waals surface area contributed by atoms with Crippen LogP contribution in [-0.2, 0) is 6.54 Å². The van der Waals surface area contributed by atoms with Gasteiger partial charge in [-0.1, -0.05) is 0 Å². The van der Waals surface area contributed by atoms with E-state index in [2.05, 4.69) is 29.0 Å². The SMILES string of the molecule is Cc1nc(C)c(CN2CCCC3(CCNC3)C2)s1. The van der Waals surface area contributed by atoms with E-state index in [0.29, 0.717) is 5.41 Å². The normalized spacial score (nSPS) is 29.2. The van der Waals surface area contributed by atoms with Gasteiger partial charge >= 0.3 is 0 Å². The molecular weight excluding hydrogens is 242 g/mol. The number of aromatic nitrogens is 1. The summed E-state index contributed by atoms with van der Waals surface area (Å²) in [4.78, 5) is 8.66. The highest BCUT2D eigenvalue weighted by Crippen LogP contribution is 2.36. The Labute approximate surface area is 114 Å². The Morgan fingerprint density at radius 2 is 2.28 bits per heavy atom. The van der Waals surface area contributed by atoms with Gasteiger partial charge in [0.25, 0.3) is 0 Å². The van der Waals surface area contributed by atoms with Gasteiger partial charge in [0.05, 0.1) is 10.7 Å². The molecule has 1 aromatic rings. The Kier molecular flexibility index (Phi) is 3.43. The molecule has 1 aromatic heterocycles. The predicted octanol–water partition coefficient (Wildman–Crippen LogP) is 2.34. The molecule has 1 unspecified atom stereocenters. The van der Waals surface area contributed by atoms with Crippen LogP contribution in [0.1, 0.15) is 34.8 Å². The Balaban J connectivity index is 1.67. The average Bonchev–Trinajstić information content (AvgIpc) is 2.88. The van der Waals surface area contributed by atoms with Crippen LogP contribution in [0.3, 0.4) is 0 Å². The maximum absolute atomic E-state index is 4.55. The number of nitrogens with zero attached hydrogens (tertiary/aromatic N) is 2. The Bertz CT molecular complexity index is 421. The fourth-order valence-corrected chi connectivity index (χ4v) is 4.49. The minimum absolute atomic E-state index is 0.575. The number of thiazole rings is 1. The van der Waals surface area contributed by atoms with Crippen LogP contribution < -0.4 is 5.32 Å². The summed E-state index contributed by atoms with van der Waals surface area (Å²) in [5.74, 6) is 0. The Hall–Kier alpha value is -0.450. The van der Waals surface area contributed by atoms with Gasteiger partial charge in [0.1, 0.15) is 0 Å². The highest BCUT2D eigenvalue weighted by molar-refractivity contribution is 7.11. The van der Waals surface area contributed by atoms with Crippen molar-refractivity contribution >= 4 is 11.3 Å². The van der Waals surface area contributed by atoms with Crippen LogP contribution >= 0.6 is 11.3 Å². The van der Waals surface area contributed by atoms with Gasteiger partial charge in [0, 0.05) is 24.5 Å². The van der Waals surface area contributed by atoms with E-state index in [0.717, 1.165) is 6.54 Å². The largest absolute Gasteiger partial charge is 0.316 e. The summed E-state index contributed by atoms with van der Waals surface area (Å²) in [5.41, 5.74) is 1.81. The third kappa shape index (κ3) is 2.46. The third-order valence-electron chi connectivity index (χ3n) is 4.44. The molecule has 4 heteroatoms. The molecular formula is C14H23N3S. The second-order valence-electron chi connectivity index (χ2n) is 5.98. The molecule has 0 aliphatic carbocycles. The van der Waals surface area contributed by atoms with Crippen molar-refractivity contribution in [1.82, 2.24) is 15.2 Å². The van der Waals surface area contributed by atoms with Crippen LogP contribution in [0.5, 0.6) is 0 Å². The predicted molar refractivity (Wildman–Crippen MR) is 76.0 cm³/mol. The van der Waals surface area contributed by atoms with Crippen LogP contribution in [0.4, 0.5) is 0 Å². The van der Waals surface area contributed by atoms with E-state index >= 15 is 0 Å². The zero-order valence-corrected chi connectivity index (χ0v) is 12.3. The molecule has 1 spiro atoms. The van der Waals surface area contributed by atoms with E-state index in [1.807, 2.05) is 11.3 Å². The molecule has 3 heterocycles. The first kappa shape index (κ1) is 12.6. The molecule has 100 valence electrons. The number of aryl methyl sites for hydroxylation is 2. The Morgan fingerprint density at radius 3 is 2.94 bits per heavy atom. The van der Waals surface area contributed by atoms with Gasteiger partial charge in [-0.2, -0.15) is 0 Å². The van der Waals surface area contributed by atoms with Crippen molar-refractivity contribution in [3.8, 4) is 0 Å². The summed E-state index contributed by atoms with van der Waals surface area (Å²) < 4.78 is 0. The van der Waals surface area contributed by atoms with Crippen LogP contribution in [0.25, 0.3) is 0 Å². The maximum Gasteiger partial charge on any atom is 0.0900 e. The number of piperidine rings is 1. The fraction of sp³-hybridized carbons (Fsp3) is 0.786. The summed E-state index contributed by atoms with van der Waals surface area (Å²) in [6.45, 7) is 10.3. The van der Waals surface area contributed by atoms with E-state index in [-0.39, 0.29) is 0 Å². The first-order valence-electron chi connectivity index (χ1n) is 7.03. The summed E-state index contributed by atoms with van der Waals surface area (Å²) in [6.07, 6.45) is 4.14. The topological polar surface area (TPSA) is 28.2 Å². The van der Waals surface area contributed by atoms with Crippen molar-refractivity contribution < 1.29 is 0 Å². The molecule has 0 radical (unpaired) electrons. The second-order valence-corrected chi connectivity index (χ2v) is 7.27. The summed E-state index contributed by atoms with van der Waals surface area (Å²) in [6, 6.07) is 0. The lowest BCUT2D eigenvalue weighted by Crippen LogP contribution is -2.43. The van der Waals surface area contributed by atoms with Crippen molar-refractivity contribution in [2.75, 3.05) is 26.2 Å². The first-order valence-corrected chi connectivity index (χ1v) is 7.85. The zero-order valence-electron chi connectivity index (χ0n) is 11.5.